The summed E-state index contributed by atoms with van der Waals surface area (Å²) in [6.45, 7) is 3.45. The van der Waals surface area contributed by atoms with Crippen LogP contribution in [0.2, 0.25) is 0 Å². The molecule has 3 aromatic rings. The van der Waals surface area contributed by atoms with E-state index in [-0.39, 0.29) is 12.0 Å². The van der Waals surface area contributed by atoms with E-state index in [0.29, 0.717) is 22.9 Å². The maximum Gasteiger partial charge on any atom is 0.416 e. The number of ether oxygens (including phenoxy) is 2. The maximum absolute atomic E-state index is 12.9. The highest BCUT2D eigenvalue weighted by atomic mass is 19.4. The minimum atomic E-state index is -4.40. The number of aryl methyl sites for hydroxylation is 1. The fraction of sp³-hybridized carbons (Fsp3) is 0.370. The van der Waals surface area contributed by atoms with E-state index in [1.54, 1.807) is 24.4 Å². The van der Waals surface area contributed by atoms with Gasteiger partial charge in [-0.05, 0) is 62.1 Å². The smallest absolute Gasteiger partial charge is 0.416 e. The predicted molar refractivity (Wildman–Crippen MR) is 127 cm³/mol. The van der Waals surface area contributed by atoms with E-state index < -0.39 is 24.3 Å². The molecule has 1 fully saturated rings. The van der Waals surface area contributed by atoms with Crippen LogP contribution in [0.5, 0.6) is 11.5 Å². The Bertz CT molecular complexity index is 1220. The molecule has 4 rings (SSSR count). The molecule has 190 valence electrons. The maximum atomic E-state index is 12.9. The van der Waals surface area contributed by atoms with Crippen LogP contribution in [-0.2, 0) is 11.0 Å². The van der Waals surface area contributed by atoms with Gasteiger partial charge >= 0.3 is 12.1 Å². The molecule has 0 aliphatic heterocycles. The van der Waals surface area contributed by atoms with Crippen LogP contribution in [0.1, 0.15) is 67.0 Å². The zero-order chi connectivity index (χ0) is 25.9. The molecule has 0 bridgehead atoms. The quantitative estimate of drug-likeness (QED) is 0.332. The average molecular weight is 501 g/mol. The lowest BCUT2D eigenvalue weighted by Gasteiger charge is -2.22. The number of rotatable bonds is 10. The lowest BCUT2D eigenvalue weighted by Crippen LogP contribution is -2.13. The Morgan fingerprint density at radius 2 is 1.89 bits per heavy atom. The third kappa shape index (κ3) is 6.13. The molecule has 1 aromatic heterocycles. The number of aromatic nitrogens is 2. The first-order valence-corrected chi connectivity index (χ1v) is 11.8. The highest BCUT2D eigenvalue weighted by Gasteiger charge is 2.32. The molecule has 0 radical (unpaired) electrons. The van der Waals surface area contributed by atoms with Crippen molar-refractivity contribution in [3.63, 3.8) is 0 Å². The van der Waals surface area contributed by atoms with Crippen LogP contribution in [0.3, 0.4) is 0 Å². The van der Waals surface area contributed by atoms with Gasteiger partial charge in [0.25, 0.3) is 0 Å². The number of carboxylic acids is 1. The molecule has 1 N–H and O–H groups in total. The predicted octanol–water partition coefficient (Wildman–Crippen LogP) is 6.73. The Hall–Kier alpha value is -3.62. The second kappa shape index (κ2) is 10.6. The standard InChI is InChI=1S/C27H27F3N2O4/c1-3-4-23(36-20-11-12-22(16(2)13-20)35-15-24(33)34)21-14-31-26(32-25(21)17-5-6-17)18-7-9-19(10-8-18)27(28,29)30/h7-14,17,23H,3-6,15H2,1-2H3,(H,33,34). The van der Waals surface area contributed by atoms with Gasteiger partial charge in [0, 0.05) is 23.2 Å². The largest absolute Gasteiger partial charge is 0.486 e. The van der Waals surface area contributed by atoms with E-state index in [2.05, 4.69) is 11.9 Å². The van der Waals surface area contributed by atoms with Crippen LogP contribution in [0.25, 0.3) is 11.4 Å². The van der Waals surface area contributed by atoms with Gasteiger partial charge in [0.1, 0.15) is 17.6 Å². The molecule has 1 unspecified atom stereocenters. The second-order valence-electron chi connectivity index (χ2n) is 8.89. The van der Waals surface area contributed by atoms with Crippen LogP contribution in [0, 0.1) is 6.92 Å². The first-order valence-electron chi connectivity index (χ1n) is 11.8. The summed E-state index contributed by atoms with van der Waals surface area (Å²) in [7, 11) is 0. The molecular formula is C27H27F3N2O4. The summed E-state index contributed by atoms with van der Waals surface area (Å²) in [4.78, 5) is 20.0. The minimum absolute atomic E-state index is 0.271. The van der Waals surface area contributed by atoms with E-state index in [4.69, 9.17) is 19.6 Å². The zero-order valence-corrected chi connectivity index (χ0v) is 20.0. The molecule has 0 spiro atoms. The number of carbonyl (C=O) groups is 1. The van der Waals surface area contributed by atoms with E-state index in [1.165, 1.54) is 12.1 Å². The summed E-state index contributed by atoms with van der Waals surface area (Å²) >= 11 is 0. The zero-order valence-electron chi connectivity index (χ0n) is 20.0. The van der Waals surface area contributed by atoms with Crippen LogP contribution in [-0.4, -0.2) is 27.7 Å². The molecule has 1 aliphatic carbocycles. The third-order valence-electron chi connectivity index (χ3n) is 5.96. The van der Waals surface area contributed by atoms with Crippen molar-refractivity contribution in [3.8, 4) is 22.9 Å². The summed E-state index contributed by atoms with van der Waals surface area (Å²) < 4.78 is 50.4. The van der Waals surface area contributed by atoms with Gasteiger partial charge < -0.3 is 14.6 Å². The van der Waals surface area contributed by atoms with Gasteiger partial charge in [0.05, 0.1) is 11.3 Å². The van der Waals surface area contributed by atoms with Crippen molar-refractivity contribution in [2.75, 3.05) is 6.61 Å². The van der Waals surface area contributed by atoms with Crippen molar-refractivity contribution in [3.05, 3.63) is 71.0 Å². The first-order chi connectivity index (χ1) is 17.2. The van der Waals surface area contributed by atoms with Crippen molar-refractivity contribution in [2.24, 2.45) is 0 Å². The summed E-state index contributed by atoms with van der Waals surface area (Å²) in [5.74, 6) is 0.694. The highest BCUT2D eigenvalue weighted by Crippen LogP contribution is 2.44. The number of hydrogen-bond acceptors (Lipinski definition) is 5. The Morgan fingerprint density at radius 3 is 2.47 bits per heavy atom. The molecule has 36 heavy (non-hydrogen) atoms. The van der Waals surface area contributed by atoms with Gasteiger partial charge in [-0.15, -0.1) is 0 Å². The number of aliphatic carboxylic acids is 1. The van der Waals surface area contributed by atoms with Crippen molar-refractivity contribution in [1.29, 1.82) is 0 Å². The monoisotopic (exact) mass is 500 g/mol. The van der Waals surface area contributed by atoms with Crippen molar-refractivity contribution in [2.45, 2.75) is 57.7 Å². The van der Waals surface area contributed by atoms with Crippen LogP contribution in [0.15, 0.2) is 48.7 Å². The number of halogens is 3. The van der Waals surface area contributed by atoms with E-state index in [9.17, 15) is 18.0 Å². The number of hydrogen-bond donors (Lipinski definition) is 1. The SMILES string of the molecule is CCCC(Oc1ccc(OCC(=O)O)c(C)c1)c1cnc(-c2ccc(C(F)(F)F)cc2)nc1C1CC1. The van der Waals surface area contributed by atoms with Crippen molar-refractivity contribution >= 4 is 5.97 Å². The Balaban J connectivity index is 1.60. The van der Waals surface area contributed by atoms with Gasteiger partial charge in [0.2, 0.25) is 0 Å². The fourth-order valence-electron chi connectivity index (χ4n) is 3.98. The topological polar surface area (TPSA) is 81.5 Å². The average Bonchev–Trinajstić information content (AvgIpc) is 3.68. The molecule has 1 heterocycles. The normalized spacial score (nSPS) is 14.4. The summed E-state index contributed by atoms with van der Waals surface area (Å²) in [6, 6.07) is 10.1. The molecule has 0 saturated heterocycles. The van der Waals surface area contributed by atoms with Crippen LogP contribution < -0.4 is 9.47 Å². The van der Waals surface area contributed by atoms with Gasteiger partial charge in [-0.3, -0.25) is 0 Å². The summed E-state index contributed by atoms with van der Waals surface area (Å²) in [5.41, 5.74) is 2.31. The summed E-state index contributed by atoms with van der Waals surface area (Å²) in [5, 5.41) is 8.83. The molecule has 6 nitrogen and oxygen atoms in total. The Labute approximate surface area is 207 Å². The van der Waals surface area contributed by atoms with Crippen molar-refractivity contribution in [1.82, 2.24) is 9.97 Å². The number of alkyl halides is 3. The Kier molecular flexibility index (Phi) is 7.47. The van der Waals surface area contributed by atoms with Gasteiger partial charge in [0.15, 0.2) is 12.4 Å². The molecule has 9 heteroatoms. The van der Waals surface area contributed by atoms with Gasteiger partial charge in [-0.25, -0.2) is 14.8 Å². The minimum Gasteiger partial charge on any atom is -0.486 e. The van der Waals surface area contributed by atoms with Crippen LogP contribution >= 0.6 is 0 Å². The molecular weight excluding hydrogens is 473 g/mol. The highest BCUT2D eigenvalue weighted by molar-refractivity contribution is 5.68. The lowest BCUT2D eigenvalue weighted by molar-refractivity contribution is -0.139. The van der Waals surface area contributed by atoms with Crippen LogP contribution in [0.4, 0.5) is 13.2 Å². The van der Waals surface area contributed by atoms with Crippen molar-refractivity contribution < 1.29 is 32.5 Å². The van der Waals surface area contributed by atoms with E-state index in [1.807, 2.05) is 6.92 Å². The Morgan fingerprint density at radius 1 is 1.17 bits per heavy atom. The second-order valence-corrected chi connectivity index (χ2v) is 8.89. The number of nitrogens with zero attached hydrogens (tertiary/aromatic N) is 2. The number of benzene rings is 2. The van der Waals surface area contributed by atoms with Gasteiger partial charge in [-0.1, -0.05) is 25.5 Å². The molecule has 2 aromatic carbocycles. The first kappa shape index (κ1) is 25.5. The molecule has 1 atom stereocenters. The molecule has 0 amide bonds. The lowest BCUT2D eigenvalue weighted by atomic mass is 10.0. The summed E-state index contributed by atoms with van der Waals surface area (Å²) in [6.07, 6.45) is 0.580. The van der Waals surface area contributed by atoms with Gasteiger partial charge in [-0.2, -0.15) is 13.2 Å². The fourth-order valence-corrected chi connectivity index (χ4v) is 3.98. The molecule has 1 aliphatic rings. The third-order valence-corrected chi connectivity index (χ3v) is 5.96. The van der Waals surface area contributed by atoms with E-state index in [0.717, 1.165) is 54.6 Å². The van der Waals surface area contributed by atoms with E-state index >= 15 is 0 Å². The number of carboxylic acid groups (broad SMARTS) is 1. The molecule has 1 saturated carbocycles.